The summed E-state index contributed by atoms with van der Waals surface area (Å²) in [4.78, 5) is 28.6. The predicted octanol–water partition coefficient (Wildman–Crippen LogP) is 1.17. The average Bonchev–Trinajstić information content (AvgIpc) is 3.03. The summed E-state index contributed by atoms with van der Waals surface area (Å²) < 4.78 is 1.77. The van der Waals surface area contributed by atoms with Crippen LogP contribution in [0.25, 0.3) is 0 Å². The largest absolute Gasteiger partial charge is 0.335 e. The van der Waals surface area contributed by atoms with Crippen LogP contribution in [0.3, 0.4) is 0 Å². The second-order valence-electron chi connectivity index (χ2n) is 6.02. The fourth-order valence-electron chi connectivity index (χ4n) is 2.84. The number of hydrogen-bond donors (Lipinski definition) is 0. The first kappa shape index (κ1) is 17.5. The number of amides is 2. The van der Waals surface area contributed by atoms with Gasteiger partial charge < -0.3 is 14.4 Å². The smallest absolute Gasteiger partial charge is 0.245 e. The SMILES string of the molecule is CC1C(=O)N(Cc2ccccc2)CCN1C(=O)CSc1nncn1C. The highest BCUT2D eigenvalue weighted by Gasteiger charge is 2.34. The monoisotopic (exact) mass is 359 g/mol. The molecule has 2 aromatic rings. The minimum Gasteiger partial charge on any atom is -0.335 e. The van der Waals surface area contributed by atoms with E-state index < -0.39 is 6.04 Å². The van der Waals surface area contributed by atoms with Gasteiger partial charge in [0.05, 0.1) is 5.75 Å². The van der Waals surface area contributed by atoms with Crippen LogP contribution in [0.4, 0.5) is 0 Å². The van der Waals surface area contributed by atoms with Gasteiger partial charge in [0.25, 0.3) is 0 Å². The highest BCUT2D eigenvalue weighted by molar-refractivity contribution is 7.99. The van der Waals surface area contributed by atoms with Crippen LogP contribution in [0, 0.1) is 0 Å². The lowest BCUT2D eigenvalue weighted by atomic mass is 10.1. The molecule has 1 aliphatic rings. The van der Waals surface area contributed by atoms with Crippen LogP contribution in [-0.2, 0) is 23.2 Å². The number of carbonyl (C=O) groups excluding carboxylic acids is 2. The molecule has 1 fully saturated rings. The number of benzene rings is 1. The summed E-state index contributed by atoms with van der Waals surface area (Å²) in [7, 11) is 1.83. The first-order valence-corrected chi connectivity index (χ1v) is 9.14. The van der Waals surface area contributed by atoms with E-state index in [2.05, 4.69) is 10.2 Å². The van der Waals surface area contributed by atoms with Crippen molar-refractivity contribution in [2.75, 3.05) is 18.8 Å². The number of carbonyl (C=O) groups is 2. The number of aromatic nitrogens is 3. The van der Waals surface area contributed by atoms with Gasteiger partial charge in [0.15, 0.2) is 5.16 Å². The number of aryl methyl sites for hydroxylation is 1. The van der Waals surface area contributed by atoms with Crippen LogP contribution in [0.15, 0.2) is 41.8 Å². The minimum atomic E-state index is -0.440. The third-order valence-electron chi connectivity index (χ3n) is 4.28. The molecule has 0 N–H and O–H groups in total. The Balaban J connectivity index is 1.57. The third-order valence-corrected chi connectivity index (χ3v) is 5.30. The average molecular weight is 359 g/mol. The van der Waals surface area contributed by atoms with E-state index in [9.17, 15) is 9.59 Å². The normalized spacial score (nSPS) is 17.8. The van der Waals surface area contributed by atoms with Gasteiger partial charge in [-0.3, -0.25) is 9.59 Å². The van der Waals surface area contributed by atoms with Crippen molar-refractivity contribution < 1.29 is 9.59 Å². The van der Waals surface area contributed by atoms with Gasteiger partial charge in [-0.25, -0.2) is 0 Å². The van der Waals surface area contributed by atoms with E-state index in [1.807, 2.05) is 42.3 Å². The minimum absolute atomic E-state index is 0.00730. The molecule has 2 amide bonds. The summed E-state index contributed by atoms with van der Waals surface area (Å²) in [5, 5.41) is 8.44. The molecule has 2 heterocycles. The van der Waals surface area contributed by atoms with Crippen LogP contribution in [0.5, 0.6) is 0 Å². The first-order valence-electron chi connectivity index (χ1n) is 8.15. The summed E-state index contributed by atoms with van der Waals surface area (Å²) in [6.07, 6.45) is 1.60. The maximum absolute atomic E-state index is 12.6. The molecule has 1 saturated heterocycles. The van der Waals surface area contributed by atoms with E-state index in [0.717, 1.165) is 5.56 Å². The Morgan fingerprint density at radius 1 is 1.28 bits per heavy atom. The maximum Gasteiger partial charge on any atom is 0.245 e. The van der Waals surface area contributed by atoms with Crippen molar-refractivity contribution in [2.24, 2.45) is 7.05 Å². The zero-order valence-electron chi connectivity index (χ0n) is 14.3. The Bertz CT molecular complexity index is 749. The number of nitrogens with zero attached hydrogens (tertiary/aromatic N) is 5. The third kappa shape index (κ3) is 4.01. The van der Waals surface area contributed by atoms with Crippen molar-refractivity contribution in [3.63, 3.8) is 0 Å². The zero-order chi connectivity index (χ0) is 17.8. The van der Waals surface area contributed by atoms with E-state index in [1.165, 1.54) is 11.8 Å². The molecule has 0 aliphatic carbocycles. The molecule has 1 unspecified atom stereocenters. The molecule has 0 spiro atoms. The van der Waals surface area contributed by atoms with Crippen LogP contribution >= 0.6 is 11.8 Å². The standard InChI is InChI=1S/C17H21N5O2S/c1-13-16(24)21(10-14-6-4-3-5-7-14)8-9-22(13)15(23)11-25-17-19-18-12-20(17)2/h3-7,12-13H,8-11H2,1-2H3. The van der Waals surface area contributed by atoms with E-state index in [-0.39, 0.29) is 17.6 Å². The lowest BCUT2D eigenvalue weighted by Crippen LogP contribution is -2.57. The van der Waals surface area contributed by atoms with Gasteiger partial charge in [0.2, 0.25) is 11.8 Å². The topological polar surface area (TPSA) is 71.3 Å². The van der Waals surface area contributed by atoms with Crippen molar-refractivity contribution in [3.8, 4) is 0 Å². The first-order chi connectivity index (χ1) is 12.1. The van der Waals surface area contributed by atoms with Gasteiger partial charge in [0.1, 0.15) is 12.4 Å². The van der Waals surface area contributed by atoms with E-state index in [1.54, 1.807) is 22.7 Å². The molecular formula is C17H21N5O2S. The Morgan fingerprint density at radius 3 is 2.72 bits per heavy atom. The Morgan fingerprint density at radius 2 is 2.04 bits per heavy atom. The van der Waals surface area contributed by atoms with Crippen molar-refractivity contribution in [1.29, 1.82) is 0 Å². The number of thioether (sulfide) groups is 1. The van der Waals surface area contributed by atoms with Crippen LogP contribution in [-0.4, -0.2) is 61.3 Å². The van der Waals surface area contributed by atoms with Crippen LogP contribution < -0.4 is 0 Å². The summed E-state index contributed by atoms with van der Waals surface area (Å²) in [5.74, 6) is 0.198. The predicted molar refractivity (Wildman–Crippen MR) is 94.8 cm³/mol. The second kappa shape index (κ2) is 7.69. The number of rotatable bonds is 5. The molecule has 1 aromatic heterocycles. The highest BCUT2D eigenvalue weighted by atomic mass is 32.2. The Labute approximate surface area is 151 Å². The van der Waals surface area contributed by atoms with Crippen molar-refractivity contribution in [3.05, 3.63) is 42.2 Å². The lowest BCUT2D eigenvalue weighted by molar-refractivity contribution is -0.149. The van der Waals surface area contributed by atoms with Crippen molar-refractivity contribution in [2.45, 2.75) is 24.7 Å². The van der Waals surface area contributed by atoms with Crippen molar-refractivity contribution >= 4 is 23.6 Å². The molecule has 25 heavy (non-hydrogen) atoms. The molecule has 132 valence electrons. The zero-order valence-corrected chi connectivity index (χ0v) is 15.1. The molecule has 0 radical (unpaired) electrons. The van der Waals surface area contributed by atoms with Gasteiger partial charge in [0, 0.05) is 26.7 Å². The molecular weight excluding hydrogens is 338 g/mol. The van der Waals surface area contributed by atoms with E-state index >= 15 is 0 Å². The summed E-state index contributed by atoms with van der Waals surface area (Å²) in [6.45, 7) is 3.49. The van der Waals surface area contributed by atoms with Gasteiger partial charge >= 0.3 is 0 Å². The van der Waals surface area contributed by atoms with Crippen molar-refractivity contribution in [1.82, 2.24) is 24.6 Å². The Hall–Kier alpha value is -2.35. The molecule has 1 aromatic carbocycles. The quantitative estimate of drug-likeness (QED) is 0.750. The molecule has 7 nitrogen and oxygen atoms in total. The van der Waals surface area contributed by atoms with Crippen LogP contribution in [0.2, 0.25) is 0 Å². The number of piperazine rings is 1. The fourth-order valence-corrected chi connectivity index (χ4v) is 3.62. The highest BCUT2D eigenvalue weighted by Crippen LogP contribution is 2.18. The van der Waals surface area contributed by atoms with Gasteiger partial charge in [-0.2, -0.15) is 0 Å². The maximum atomic E-state index is 12.6. The summed E-state index contributed by atoms with van der Waals surface area (Å²) >= 11 is 1.34. The molecule has 3 rings (SSSR count). The Kier molecular flexibility index (Phi) is 5.37. The number of hydrogen-bond acceptors (Lipinski definition) is 5. The molecule has 1 aliphatic heterocycles. The van der Waals surface area contributed by atoms with Gasteiger partial charge in [-0.15, -0.1) is 10.2 Å². The van der Waals surface area contributed by atoms with E-state index in [4.69, 9.17) is 0 Å². The van der Waals surface area contributed by atoms with Crippen LogP contribution in [0.1, 0.15) is 12.5 Å². The lowest BCUT2D eigenvalue weighted by Gasteiger charge is -2.39. The molecule has 1 atom stereocenters. The molecule has 0 bridgehead atoms. The van der Waals surface area contributed by atoms with Gasteiger partial charge in [-0.1, -0.05) is 42.1 Å². The fraction of sp³-hybridized carbons (Fsp3) is 0.412. The molecule has 0 saturated carbocycles. The molecule has 8 heteroatoms. The van der Waals surface area contributed by atoms with E-state index in [0.29, 0.717) is 24.8 Å². The second-order valence-corrected chi connectivity index (χ2v) is 6.96. The van der Waals surface area contributed by atoms with Gasteiger partial charge in [-0.05, 0) is 12.5 Å². The summed E-state index contributed by atoms with van der Waals surface area (Å²) in [6, 6.07) is 9.46. The summed E-state index contributed by atoms with van der Waals surface area (Å²) in [5.41, 5.74) is 1.10.